The summed E-state index contributed by atoms with van der Waals surface area (Å²) in [6, 6.07) is 14.0. The normalized spacial score (nSPS) is 10.7. The van der Waals surface area contributed by atoms with Crippen LogP contribution in [0.2, 0.25) is 0 Å². The van der Waals surface area contributed by atoms with Gasteiger partial charge in [0, 0.05) is 90.3 Å². The average molecular weight is 1980 g/mol. The van der Waals surface area contributed by atoms with E-state index in [1.165, 1.54) is 210 Å². The smallest absolute Gasteiger partial charge is 0.315 e. The summed E-state index contributed by atoms with van der Waals surface area (Å²) in [6.07, 6.45) is 19.3. The number of esters is 10. The van der Waals surface area contributed by atoms with E-state index < -0.39 is 75.9 Å². The third-order valence-corrected chi connectivity index (χ3v) is 22.9. The van der Waals surface area contributed by atoms with Crippen LogP contribution in [0.4, 0.5) is 0 Å². The van der Waals surface area contributed by atoms with Crippen molar-refractivity contribution in [3.8, 4) is 0 Å². The van der Waals surface area contributed by atoms with Crippen LogP contribution < -0.4 is 0 Å². The first-order chi connectivity index (χ1) is 60.5. The molecule has 0 aliphatic heterocycles. The second-order valence-corrected chi connectivity index (χ2v) is 37.9. The highest BCUT2D eigenvalue weighted by Crippen LogP contribution is 2.29. The van der Waals surface area contributed by atoms with Gasteiger partial charge in [-0.15, -0.1) is 0 Å². The fraction of sp³-hybridized carbons (Fsp3) is 0.580. The van der Waals surface area contributed by atoms with Gasteiger partial charge in [0.2, 0.25) is 0 Å². The topological polar surface area (TPSA) is 426 Å². The molecule has 0 aliphatic rings. The molecule has 716 valence electrons. The second-order valence-electron chi connectivity index (χ2n) is 28.4. The van der Waals surface area contributed by atoms with Crippen molar-refractivity contribution in [3.63, 3.8) is 0 Å². The van der Waals surface area contributed by atoms with Crippen LogP contribution in [0.1, 0.15) is 200 Å². The largest absolute Gasteiger partial charge is 0.465 e. The molecule has 40 heteroatoms. The maximum absolute atomic E-state index is 12.7. The van der Waals surface area contributed by atoms with E-state index in [1.54, 1.807) is 43.0 Å². The number of thioether (sulfide) groups is 10. The Hall–Kier alpha value is -7.15. The van der Waals surface area contributed by atoms with E-state index in [9.17, 15) is 91.1 Å². The lowest BCUT2D eigenvalue weighted by Crippen LogP contribution is -2.47. The summed E-state index contributed by atoms with van der Waals surface area (Å²) in [5.74, 6) is -2.44. The number of carbonyl (C=O) groups is 19. The number of ketones is 9. The molecule has 128 heavy (non-hydrogen) atoms. The zero-order chi connectivity index (χ0) is 97.4. The van der Waals surface area contributed by atoms with E-state index in [2.05, 4.69) is 0 Å². The lowest BCUT2D eigenvalue weighted by molar-refractivity contribution is -0.176. The van der Waals surface area contributed by atoms with Gasteiger partial charge >= 0.3 is 59.7 Å². The van der Waals surface area contributed by atoms with Gasteiger partial charge in [0.15, 0.2) is 52.0 Å². The number of carbonyl (C=O) groups excluding carboxylic acids is 19. The van der Waals surface area contributed by atoms with Crippen LogP contribution in [0.25, 0.3) is 0 Å². The molecule has 0 radical (unpaired) electrons. The summed E-state index contributed by atoms with van der Waals surface area (Å²) in [4.78, 5) is 225. The maximum Gasteiger partial charge on any atom is 0.315 e. The summed E-state index contributed by atoms with van der Waals surface area (Å²) >= 11 is 14.3. The lowest BCUT2D eigenvalue weighted by atomic mass is 9.90. The third kappa shape index (κ3) is 55.2. The molecule has 3 aromatic rings. The molecule has 30 nitrogen and oxygen atoms in total. The highest BCUT2D eigenvalue weighted by molar-refractivity contribution is 8.00. The molecule has 0 N–H and O–H groups in total. The minimum atomic E-state index is -1.34. The van der Waals surface area contributed by atoms with Gasteiger partial charge in [0.1, 0.15) is 71.5 Å². The SMILES string of the molecule is CC(=O)c1cc(C(C)=O)c(C(C)=O)cc1C(C)=O.CC(=O)c1cc(C(C)=O)cc(C(C)=O)c1.CC(=O)c1ccccc1C(C)=O.CSCCC(=O)OCC(COC(=O)CSC)(COC(=O)CSC)COC(=O)CSC.CSCCC(=O)OCC(COCC(COC(=O)CCSC)(COC(=O)CCSC)COC(=O)CCSC)(COC(=O)CCSC)COC(=O)CCSC. The summed E-state index contributed by atoms with van der Waals surface area (Å²) in [6.45, 7) is 9.14. The Kier molecular flexibility index (Phi) is 68.7. The fourth-order valence-electron chi connectivity index (χ4n) is 9.95. The van der Waals surface area contributed by atoms with Crippen molar-refractivity contribution in [2.75, 3.05) is 199 Å². The maximum atomic E-state index is 12.7. The Bertz CT molecular complexity index is 3650. The van der Waals surface area contributed by atoms with Crippen LogP contribution in [-0.2, 0) is 100 Å². The lowest BCUT2D eigenvalue weighted by Gasteiger charge is -2.35. The summed E-state index contributed by atoms with van der Waals surface area (Å²) in [5, 5.41) is 0. The zero-order valence-electron chi connectivity index (χ0n) is 76.5. The molecule has 0 unspecified atom stereocenters. The average Bonchev–Trinajstić information content (AvgIpc) is 0.793. The number of hydrogen-bond donors (Lipinski definition) is 0. The first-order valence-electron chi connectivity index (χ1n) is 39.6. The molecule has 0 aliphatic carbocycles. The van der Waals surface area contributed by atoms with Crippen LogP contribution in [-0.4, -0.2) is 311 Å². The molecule has 0 spiro atoms. The van der Waals surface area contributed by atoms with Crippen molar-refractivity contribution in [3.05, 3.63) is 105 Å². The quantitative estimate of drug-likeness (QED) is 0.0288. The summed E-state index contributed by atoms with van der Waals surface area (Å²) < 4.78 is 61.3. The number of Topliss-reactive ketones (excluding diaryl/α,β-unsaturated/α-hetero) is 9. The van der Waals surface area contributed by atoms with Crippen molar-refractivity contribution in [2.45, 2.75) is 107 Å². The molecule has 0 heterocycles. The molecule has 0 amide bonds. The predicted molar refractivity (Wildman–Crippen MR) is 513 cm³/mol. The van der Waals surface area contributed by atoms with E-state index in [-0.39, 0.29) is 216 Å². The highest BCUT2D eigenvalue weighted by atomic mass is 32.2. The van der Waals surface area contributed by atoms with Gasteiger partial charge < -0.3 is 52.1 Å². The molecule has 0 atom stereocenters. The van der Waals surface area contributed by atoms with Crippen LogP contribution in [0.15, 0.2) is 54.6 Å². The standard InChI is InChI=1S/C34H58O13S6.C18H30O8S4.C14H14O4.C12H12O3.C10H10O2/c1-48-13-7-27(35)42-21-33(22-43-28(36)8-14-49-2,23-44-29(37)9-15-50-3)19-41-20-34(24-45-30(38)10-16-51-4,25-46-31(39)11-17-52-5)26-47-32(40)12-18-53-6;1-27-6-5-14(19)23-10-18(11-24-15(20)7-28-2,12-25-16(21)8-29-3)13-26-17(22)9-30-4;1-7(15)11-5-13(9(3)17)14(10(4)18)6-12(11)8(2)16;1-7(13)10-4-11(8(2)14)6-12(5-10)9(3)15;1-7(11)9-5-3-4-6-10(9)8(2)12/h7-26H2,1-6H3;5-13H2,1-4H3;5-6H,1-4H3;4-6H,1-3H3;3-6H,1-2H3. The molecular formula is C88H124O30S10. The molecule has 3 rings (SSSR count). The molecule has 3 aromatic carbocycles. The molecular weight excluding hydrogens is 1860 g/mol. The van der Waals surface area contributed by atoms with Gasteiger partial charge in [-0.1, -0.05) is 24.3 Å². The molecule has 0 saturated heterocycles. The Labute approximate surface area is 794 Å². The van der Waals surface area contributed by atoms with E-state index in [1.807, 2.05) is 43.8 Å². The van der Waals surface area contributed by atoms with E-state index in [0.29, 0.717) is 68.1 Å². The van der Waals surface area contributed by atoms with Gasteiger partial charge in [0.05, 0.1) is 86.2 Å². The van der Waals surface area contributed by atoms with Crippen molar-refractivity contribution in [2.24, 2.45) is 16.2 Å². The van der Waals surface area contributed by atoms with E-state index in [4.69, 9.17) is 52.1 Å². The highest BCUT2D eigenvalue weighted by Gasteiger charge is 2.42. The number of hydrogen-bond acceptors (Lipinski definition) is 40. The van der Waals surface area contributed by atoms with Crippen LogP contribution >= 0.6 is 118 Å². The minimum Gasteiger partial charge on any atom is -0.465 e. The Balaban J connectivity index is 0. The number of benzene rings is 3. The van der Waals surface area contributed by atoms with Gasteiger partial charge in [-0.25, -0.2) is 0 Å². The second kappa shape index (κ2) is 71.5. The zero-order valence-corrected chi connectivity index (χ0v) is 84.7. The first-order valence-corrected chi connectivity index (χ1v) is 53.5. The van der Waals surface area contributed by atoms with Crippen LogP contribution in [0, 0.1) is 16.2 Å². The summed E-state index contributed by atoms with van der Waals surface area (Å²) in [7, 11) is 0. The van der Waals surface area contributed by atoms with Crippen molar-refractivity contribution in [1.29, 1.82) is 0 Å². The van der Waals surface area contributed by atoms with Gasteiger partial charge in [0.25, 0.3) is 0 Å². The Morgan fingerprint density at radius 3 is 0.523 bits per heavy atom. The van der Waals surface area contributed by atoms with Crippen molar-refractivity contribution in [1.82, 2.24) is 0 Å². The number of ether oxygens (including phenoxy) is 11. The molecule has 0 aromatic heterocycles. The van der Waals surface area contributed by atoms with Gasteiger partial charge in [-0.2, -0.15) is 118 Å². The third-order valence-electron chi connectivity index (χ3n) is 17.1. The minimum absolute atomic E-state index is 0.0687. The Morgan fingerprint density at radius 2 is 0.375 bits per heavy atom. The van der Waals surface area contributed by atoms with E-state index >= 15 is 0 Å². The monoisotopic (exact) mass is 1980 g/mol. The van der Waals surface area contributed by atoms with Crippen molar-refractivity contribution >= 4 is 229 Å². The summed E-state index contributed by atoms with van der Waals surface area (Å²) in [5.41, 5.74) is -0.964. The first kappa shape index (κ1) is 123. The van der Waals surface area contributed by atoms with Gasteiger partial charge in [-0.3, -0.25) is 91.1 Å². The van der Waals surface area contributed by atoms with Crippen LogP contribution in [0.3, 0.4) is 0 Å². The number of rotatable bonds is 60. The van der Waals surface area contributed by atoms with Crippen LogP contribution in [0.5, 0.6) is 0 Å². The molecule has 0 saturated carbocycles. The van der Waals surface area contributed by atoms with E-state index in [0.717, 1.165) is 0 Å². The van der Waals surface area contributed by atoms with Crippen molar-refractivity contribution < 1.29 is 143 Å². The predicted octanol–water partition coefficient (Wildman–Crippen LogP) is 13.6. The fourth-order valence-corrected chi connectivity index (χ4v) is 13.5. The van der Waals surface area contributed by atoms with Gasteiger partial charge in [-0.05, 0) is 155 Å². The molecule has 0 fully saturated rings. The Morgan fingerprint density at radius 1 is 0.211 bits per heavy atom. The molecule has 0 bridgehead atoms.